The number of hydrazine groups is 1. The van der Waals surface area contributed by atoms with Crippen molar-refractivity contribution in [3.05, 3.63) is 108 Å². The van der Waals surface area contributed by atoms with Gasteiger partial charge in [0.2, 0.25) is 0 Å². The first kappa shape index (κ1) is 21.8. The minimum Gasteiger partial charge on any atom is -0.376 e. The summed E-state index contributed by atoms with van der Waals surface area (Å²) in [5, 5.41) is 5.56. The Balaban J connectivity index is 1.16. The van der Waals surface area contributed by atoms with Crippen molar-refractivity contribution < 1.29 is 9.47 Å². The predicted octanol–water partition coefficient (Wildman–Crippen LogP) is 5.61. The fraction of sp³-hybridized carbons (Fsp3) is 0.419. The van der Waals surface area contributed by atoms with Crippen LogP contribution in [-0.2, 0) is 22.7 Å². The number of rotatable bonds is 9. The number of nitrogens with zero attached hydrogens (tertiary/aromatic N) is 2. The maximum atomic E-state index is 6.47. The molecule has 180 valence electrons. The molecule has 2 saturated heterocycles. The first-order valence-corrected chi connectivity index (χ1v) is 13.2. The molecule has 3 aromatic carbocycles. The van der Waals surface area contributed by atoms with Crippen LogP contribution in [-0.4, -0.2) is 41.4 Å². The number of hydrogen-bond acceptors (Lipinski definition) is 4. The van der Waals surface area contributed by atoms with Crippen LogP contribution >= 0.6 is 0 Å². The lowest BCUT2D eigenvalue weighted by Gasteiger charge is -2.42. The normalized spacial score (nSPS) is 30.3. The Hall–Kier alpha value is -2.50. The molecule has 2 aliphatic carbocycles. The van der Waals surface area contributed by atoms with Crippen molar-refractivity contribution in [1.82, 2.24) is 10.0 Å². The van der Waals surface area contributed by atoms with E-state index in [-0.39, 0.29) is 5.41 Å². The second-order valence-electron chi connectivity index (χ2n) is 10.9. The molecule has 0 radical (unpaired) electrons. The van der Waals surface area contributed by atoms with Gasteiger partial charge >= 0.3 is 0 Å². The highest BCUT2D eigenvalue weighted by Crippen LogP contribution is 2.71. The van der Waals surface area contributed by atoms with Crippen LogP contribution in [0.1, 0.15) is 42.0 Å². The van der Waals surface area contributed by atoms with E-state index in [4.69, 9.17) is 9.47 Å². The SMILES string of the molecule is c1ccc(COCC2(COCc3ccccc3)[C@H]3[C@@H]2N2[C@H]4CC[C@H](C4)N2[C@H]3c2ccccc2)cc1. The molecule has 35 heavy (non-hydrogen) atoms. The molecule has 0 aromatic heterocycles. The third-order valence-electron chi connectivity index (χ3n) is 8.89. The second-order valence-corrected chi connectivity index (χ2v) is 10.9. The van der Waals surface area contributed by atoms with E-state index in [1.807, 2.05) is 0 Å². The summed E-state index contributed by atoms with van der Waals surface area (Å²) in [5.41, 5.74) is 3.95. The van der Waals surface area contributed by atoms with Crippen LogP contribution in [0.25, 0.3) is 0 Å². The van der Waals surface area contributed by atoms with E-state index in [2.05, 4.69) is 101 Å². The average Bonchev–Trinajstić information content (AvgIpc) is 3.31. The van der Waals surface area contributed by atoms with Gasteiger partial charge in [-0.15, -0.1) is 0 Å². The molecule has 3 aromatic rings. The third kappa shape index (κ3) is 3.66. The summed E-state index contributed by atoms with van der Waals surface area (Å²) in [6.45, 7) is 2.81. The molecule has 4 fully saturated rings. The van der Waals surface area contributed by atoms with Crippen LogP contribution in [0, 0.1) is 11.3 Å². The molecule has 2 aliphatic heterocycles. The van der Waals surface area contributed by atoms with Crippen molar-refractivity contribution in [3.63, 3.8) is 0 Å². The van der Waals surface area contributed by atoms with Crippen LogP contribution in [0.2, 0.25) is 0 Å². The Bertz CT molecular complexity index is 1090. The quantitative estimate of drug-likeness (QED) is 0.409. The molecular weight excluding hydrogens is 432 g/mol. The summed E-state index contributed by atoms with van der Waals surface area (Å²) in [6.07, 6.45) is 3.99. The largest absolute Gasteiger partial charge is 0.376 e. The summed E-state index contributed by atoms with van der Waals surface area (Å²) < 4.78 is 12.9. The standard InChI is InChI=1S/C31H34N2O2/c1-4-10-23(11-5-1)19-34-21-31(22-35-20-24-12-6-2-7-13-24)28-29(25-14-8-3-9-15-25)32-26-16-17-27(18-26)33(32)30(28)31/h1-15,26-30H,16-22H2/t26-,27+,28-,29+,30+/m1/s1. The van der Waals surface area contributed by atoms with Crippen LogP contribution in [0.3, 0.4) is 0 Å². The van der Waals surface area contributed by atoms with E-state index in [1.165, 1.54) is 36.0 Å². The molecule has 5 atom stereocenters. The molecule has 2 heterocycles. The van der Waals surface area contributed by atoms with Gasteiger partial charge in [-0.1, -0.05) is 91.0 Å². The lowest BCUT2D eigenvalue weighted by Crippen LogP contribution is -2.50. The Morgan fingerprint density at radius 2 is 1.17 bits per heavy atom. The Morgan fingerprint density at radius 1 is 0.657 bits per heavy atom. The third-order valence-corrected chi connectivity index (χ3v) is 8.89. The highest BCUT2D eigenvalue weighted by molar-refractivity contribution is 5.34. The predicted molar refractivity (Wildman–Crippen MR) is 136 cm³/mol. The molecule has 0 N–H and O–H groups in total. The zero-order valence-corrected chi connectivity index (χ0v) is 20.2. The molecule has 2 saturated carbocycles. The van der Waals surface area contributed by atoms with Gasteiger partial charge in [0, 0.05) is 29.5 Å². The van der Waals surface area contributed by atoms with Crippen molar-refractivity contribution in [2.75, 3.05) is 13.2 Å². The smallest absolute Gasteiger partial charge is 0.0717 e. The van der Waals surface area contributed by atoms with Gasteiger partial charge in [0.05, 0.1) is 32.5 Å². The average molecular weight is 467 g/mol. The van der Waals surface area contributed by atoms with Crippen molar-refractivity contribution in [1.29, 1.82) is 0 Å². The van der Waals surface area contributed by atoms with E-state index < -0.39 is 0 Å². The second kappa shape index (κ2) is 8.86. The summed E-state index contributed by atoms with van der Waals surface area (Å²) in [5.74, 6) is 0.542. The van der Waals surface area contributed by atoms with Gasteiger partial charge in [0.25, 0.3) is 0 Å². The molecule has 0 unspecified atom stereocenters. The van der Waals surface area contributed by atoms with E-state index in [9.17, 15) is 0 Å². The highest BCUT2D eigenvalue weighted by atomic mass is 16.5. The van der Waals surface area contributed by atoms with Gasteiger partial charge in [-0.25, -0.2) is 10.0 Å². The Labute approximate surface area is 208 Å². The highest BCUT2D eigenvalue weighted by Gasteiger charge is 2.79. The summed E-state index contributed by atoms with van der Waals surface area (Å²) in [7, 11) is 0. The monoisotopic (exact) mass is 466 g/mol. The first-order chi connectivity index (χ1) is 17.4. The number of hydrogen-bond donors (Lipinski definition) is 0. The maximum absolute atomic E-state index is 6.47. The summed E-state index contributed by atoms with van der Waals surface area (Å²) >= 11 is 0. The van der Waals surface area contributed by atoms with Gasteiger partial charge in [0.1, 0.15) is 0 Å². The van der Waals surface area contributed by atoms with Gasteiger partial charge < -0.3 is 9.47 Å². The zero-order chi connectivity index (χ0) is 23.2. The topological polar surface area (TPSA) is 24.9 Å². The van der Waals surface area contributed by atoms with Crippen molar-refractivity contribution >= 4 is 0 Å². The first-order valence-electron chi connectivity index (χ1n) is 13.2. The minimum absolute atomic E-state index is 0.0328. The van der Waals surface area contributed by atoms with Gasteiger partial charge in [-0.3, -0.25) is 0 Å². The van der Waals surface area contributed by atoms with E-state index in [0.717, 1.165) is 13.2 Å². The fourth-order valence-corrected chi connectivity index (χ4v) is 7.40. The van der Waals surface area contributed by atoms with Crippen molar-refractivity contribution in [2.45, 2.75) is 56.6 Å². The van der Waals surface area contributed by atoms with Crippen LogP contribution in [0.15, 0.2) is 91.0 Å². The number of fused-ring (bicyclic) bond motifs is 7. The Morgan fingerprint density at radius 3 is 1.74 bits per heavy atom. The van der Waals surface area contributed by atoms with Gasteiger partial charge in [0.15, 0.2) is 0 Å². The van der Waals surface area contributed by atoms with Crippen LogP contribution in [0.4, 0.5) is 0 Å². The van der Waals surface area contributed by atoms with Gasteiger partial charge in [-0.2, -0.15) is 0 Å². The molecule has 4 aliphatic rings. The molecular formula is C31H34N2O2. The van der Waals surface area contributed by atoms with Crippen molar-refractivity contribution in [2.24, 2.45) is 11.3 Å². The maximum Gasteiger partial charge on any atom is 0.0717 e. The zero-order valence-electron chi connectivity index (χ0n) is 20.2. The minimum atomic E-state index is 0.0328. The molecule has 0 spiro atoms. The van der Waals surface area contributed by atoms with Crippen molar-refractivity contribution in [3.8, 4) is 0 Å². The van der Waals surface area contributed by atoms with Crippen LogP contribution in [0.5, 0.6) is 0 Å². The molecule has 2 bridgehead atoms. The lowest BCUT2D eigenvalue weighted by atomic mass is 9.93. The van der Waals surface area contributed by atoms with E-state index >= 15 is 0 Å². The van der Waals surface area contributed by atoms with Gasteiger partial charge in [-0.05, 0) is 36.0 Å². The summed E-state index contributed by atoms with van der Waals surface area (Å²) in [6, 6.07) is 34.6. The summed E-state index contributed by atoms with van der Waals surface area (Å²) in [4.78, 5) is 0. The fourth-order valence-electron chi connectivity index (χ4n) is 7.40. The molecule has 7 rings (SSSR count). The number of ether oxygens (including phenoxy) is 2. The molecule has 0 amide bonds. The number of benzene rings is 3. The van der Waals surface area contributed by atoms with E-state index in [0.29, 0.717) is 43.3 Å². The van der Waals surface area contributed by atoms with Crippen LogP contribution < -0.4 is 0 Å². The molecule has 4 nitrogen and oxygen atoms in total. The Kier molecular flexibility index (Phi) is 5.51. The lowest BCUT2D eigenvalue weighted by molar-refractivity contribution is -0.107. The molecule has 4 heteroatoms. The van der Waals surface area contributed by atoms with E-state index in [1.54, 1.807) is 0 Å².